The Balaban J connectivity index is 1.71. The number of hydrogen-bond donors (Lipinski definition) is 3. The van der Waals surface area contributed by atoms with Crippen LogP contribution in [0.15, 0.2) is 18.2 Å². The third-order valence-electron chi connectivity index (χ3n) is 4.23. The molecule has 2 amide bonds. The van der Waals surface area contributed by atoms with Crippen molar-refractivity contribution in [1.29, 1.82) is 0 Å². The molecule has 0 aromatic heterocycles. The van der Waals surface area contributed by atoms with E-state index < -0.39 is 6.03 Å². The number of nitrogens with one attached hydrogen (secondary N) is 2. The molecule has 1 atom stereocenters. The van der Waals surface area contributed by atoms with Crippen LogP contribution in [0.3, 0.4) is 0 Å². The molecule has 1 fully saturated rings. The summed E-state index contributed by atoms with van der Waals surface area (Å²) in [7, 11) is 0. The number of urea groups is 1. The van der Waals surface area contributed by atoms with Crippen LogP contribution >= 0.6 is 11.6 Å². The van der Waals surface area contributed by atoms with Gasteiger partial charge in [0.1, 0.15) is 5.69 Å². The Hall–Kier alpha value is -1.38. The molecule has 2 aliphatic rings. The second-order valence-corrected chi connectivity index (χ2v) is 6.19. The van der Waals surface area contributed by atoms with Crippen molar-refractivity contribution in [2.75, 3.05) is 31.1 Å². The highest BCUT2D eigenvalue weighted by atomic mass is 35.5. The average Bonchev–Trinajstić information content (AvgIpc) is 2.48. The maximum Gasteiger partial charge on any atom is 0.366 e. The van der Waals surface area contributed by atoms with Gasteiger partial charge in [-0.25, -0.2) is 9.97 Å². The van der Waals surface area contributed by atoms with Crippen LogP contribution < -0.4 is 21.2 Å². The van der Waals surface area contributed by atoms with Crippen molar-refractivity contribution < 1.29 is 9.97 Å². The molecule has 0 radical (unpaired) electrons. The quantitative estimate of drug-likeness (QED) is 0.694. The Morgan fingerprint density at radius 2 is 2.09 bits per heavy atom. The summed E-state index contributed by atoms with van der Waals surface area (Å²) in [5.41, 5.74) is 9.32. The van der Waals surface area contributed by atoms with Crippen molar-refractivity contribution in [3.63, 3.8) is 0 Å². The number of hydrogen-bond acceptors (Lipinski definition) is 4. The number of amides is 2. The monoisotopic (exact) mass is 325 g/mol. The Morgan fingerprint density at radius 1 is 1.36 bits per heavy atom. The van der Waals surface area contributed by atoms with Gasteiger partial charge in [-0.1, -0.05) is 11.6 Å². The average molecular weight is 326 g/mol. The van der Waals surface area contributed by atoms with E-state index in [0.717, 1.165) is 32.5 Å². The summed E-state index contributed by atoms with van der Waals surface area (Å²) in [6.07, 6.45) is 1.96. The van der Waals surface area contributed by atoms with Crippen molar-refractivity contribution in [3.05, 3.63) is 28.4 Å². The van der Waals surface area contributed by atoms with Gasteiger partial charge in [0, 0.05) is 30.2 Å². The molecule has 22 heavy (non-hydrogen) atoms. The summed E-state index contributed by atoms with van der Waals surface area (Å²) >= 11 is 6.01. The summed E-state index contributed by atoms with van der Waals surface area (Å²) in [5, 5.41) is 12.0. The molecule has 3 rings (SSSR count). The molecule has 1 unspecified atom stereocenters. The molecular formula is C14H20ClN5O2. The highest BCUT2D eigenvalue weighted by Gasteiger charge is 2.30. The lowest BCUT2D eigenvalue weighted by Gasteiger charge is -2.37. The number of rotatable bonds is 3. The number of nitrogens with zero attached hydrogens (tertiary/aromatic N) is 2. The first-order valence-corrected chi connectivity index (χ1v) is 7.83. The molecule has 4 N–H and O–H groups in total. The Labute approximate surface area is 134 Å². The van der Waals surface area contributed by atoms with Gasteiger partial charge in [0.25, 0.3) is 0 Å². The van der Waals surface area contributed by atoms with E-state index in [1.165, 1.54) is 0 Å². The zero-order chi connectivity index (χ0) is 15.7. The largest absolute Gasteiger partial charge is 0.603 e. The smallest absolute Gasteiger partial charge is 0.366 e. The third kappa shape index (κ3) is 3.18. The predicted octanol–water partition coefficient (Wildman–Crippen LogP) is 0.222. The molecule has 0 saturated carbocycles. The van der Waals surface area contributed by atoms with Crippen LogP contribution in [0.5, 0.6) is 0 Å². The van der Waals surface area contributed by atoms with Gasteiger partial charge in [-0.2, -0.15) is 5.43 Å². The fourth-order valence-corrected chi connectivity index (χ4v) is 3.07. The molecule has 0 spiro atoms. The Bertz CT molecular complexity index is 562. The van der Waals surface area contributed by atoms with Crippen molar-refractivity contribution in [1.82, 2.24) is 10.3 Å². The van der Waals surface area contributed by atoms with E-state index in [-0.39, 0.29) is 11.2 Å². The number of anilines is 1. The lowest BCUT2D eigenvalue weighted by molar-refractivity contribution is -0.817. The first-order valence-electron chi connectivity index (χ1n) is 7.45. The topological polar surface area (TPSA) is 89.1 Å². The standard InChI is InChI=1S/C14H20ClN5O2/c15-10-1-2-12-13(9-10)19(14(21)17-20(12)22)8-7-18-5-3-11(16)4-6-18/h1-2,9,11,20H,3-8,16H2,(H,17,21). The molecule has 120 valence electrons. The summed E-state index contributed by atoms with van der Waals surface area (Å²) in [6.45, 7) is 3.15. The fraction of sp³-hybridized carbons (Fsp3) is 0.500. The van der Waals surface area contributed by atoms with Gasteiger partial charge in [0.05, 0.1) is 0 Å². The van der Waals surface area contributed by atoms with Crippen LogP contribution in [0.4, 0.5) is 16.2 Å². The summed E-state index contributed by atoms with van der Waals surface area (Å²) in [4.78, 5) is 16.0. The first-order chi connectivity index (χ1) is 10.5. The maximum atomic E-state index is 12.1. The van der Waals surface area contributed by atoms with Gasteiger partial charge in [0.2, 0.25) is 0 Å². The second-order valence-electron chi connectivity index (χ2n) is 5.75. The van der Waals surface area contributed by atoms with Gasteiger partial charge in [-0.15, -0.1) is 0 Å². The minimum atomic E-state index is -0.395. The van der Waals surface area contributed by atoms with Gasteiger partial charge in [-0.3, -0.25) is 4.90 Å². The van der Waals surface area contributed by atoms with E-state index in [2.05, 4.69) is 10.3 Å². The number of benzene rings is 1. The lowest BCUT2D eigenvalue weighted by atomic mass is 10.1. The van der Waals surface area contributed by atoms with Crippen LogP contribution in [-0.2, 0) is 0 Å². The van der Waals surface area contributed by atoms with Crippen molar-refractivity contribution >= 4 is 29.0 Å². The van der Waals surface area contributed by atoms with Crippen molar-refractivity contribution in [2.24, 2.45) is 5.73 Å². The number of piperidine rings is 1. The van der Waals surface area contributed by atoms with Crippen LogP contribution in [0, 0.1) is 5.21 Å². The SMILES string of the molecule is NC1CCN(CCN2C(=O)N[NH+]([O-])c3ccc(Cl)cc32)CC1. The minimum Gasteiger partial charge on any atom is -0.603 e. The van der Waals surface area contributed by atoms with Crippen molar-refractivity contribution in [2.45, 2.75) is 18.9 Å². The second kappa shape index (κ2) is 6.39. The summed E-state index contributed by atoms with van der Waals surface area (Å²) < 4.78 is 0. The Morgan fingerprint density at radius 3 is 2.82 bits per heavy atom. The van der Waals surface area contributed by atoms with Crippen LogP contribution in [0.2, 0.25) is 5.02 Å². The highest BCUT2D eigenvalue weighted by molar-refractivity contribution is 6.31. The zero-order valence-corrected chi connectivity index (χ0v) is 13.0. The van der Waals surface area contributed by atoms with Crippen LogP contribution in [0.1, 0.15) is 12.8 Å². The molecule has 0 bridgehead atoms. The zero-order valence-electron chi connectivity index (χ0n) is 12.2. The molecule has 0 aliphatic carbocycles. The molecule has 7 nitrogen and oxygen atoms in total. The molecule has 1 aromatic carbocycles. The molecule has 8 heteroatoms. The molecular weight excluding hydrogens is 306 g/mol. The molecule has 2 aliphatic heterocycles. The number of fused-ring (bicyclic) bond motifs is 1. The van der Waals surface area contributed by atoms with E-state index in [1.54, 1.807) is 23.1 Å². The van der Waals surface area contributed by atoms with Gasteiger partial charge in [0.15, 0.2) is 5.69 Å². The van der Waals surface area contributed by atoms with E-state index in [4.69, 9.17) is 17.3 Å². The molecule has 1 aromatic rings. The van der Waals surface area contributed by atoms with Crippen molar-refractivity contribution in [3.8, 4) is 0 Å². The van der Waals surface area contributed by atoms with Gasteiger partial charge in [-0.05, 0) is 38.1 Å². The van der Waals surface area contributed by atoms with E-state index in [1.807, 2.05) is 0 Å². The maximum absolute atomic E-state index is 12.1. The van der Waals surface area contributed by atoms with E-state index >= 15 is 0 Å². The summed E-state index contributed by atoms with van der Waals surface area (Å²) in [5.74, 6) is 0. The molecule has 1 saturated heterocycles. The van der Waals surface area contributed by atoms with Crippen LogP contribution in [-0.4, -0.2) is 43.2 Å². The Kier molecular flexibility index (Phi) is 4.51. The number of carbonyl (C=O) groups excluding carboxylic acids is 1. The van der Waals surface area contributed by atoms with Crippen LogP contribution in [0.25, 0.3) is 0 Å². The normalized spacial score (nSPS) is 23.3. The number of likely N-dealkylation sites (tertiary alicyclic amines) is 1. The lowest BCUT2D eigenvalue weighted by Crippen LogP contribution is -3.12. The number of carbonyl (C=O) groups is 1. The van der Waals surface area contributed by atoms with Gasteiger partial charge < -0.3 is 15.8 Å². The van der Waals surface area contributed by atoms with E-state index in [0.29, 0.717) is 22.9 Å². The highest BCUT2D eigenvalue weighted by Crippen LogP contribution is 2.28. The number of halogens is 1. The number of quaternary nitrogens is 1. The third-order valence-corrected chi connectivity index (χ3v) is 4.47. The fourth-order valence-electron chi connectivity index (χ4n) is 2.90. The van der Waals surface area contributed by atoms with Gasteiger partial charge >= 0.3 is 6.03 Å². The summed E-state index contributed by atoms with van der Waals surface area (Å²) in [6, 6.07) is 4.85. The van der Waals surface area contributed by atoms with E-state index in [9.17, 15) is 10.0 Å². The predicted molar refractivity (Wildman–Crippen MR) is 85.0 cm³/mol. The molecule has 2 heterocycles. The number of nitrogens with two attached hydrogens (primary N) is 1. The minimum absolute atomic E-state index is 0.284. The first kappa shape index (κ1) is 15.5.